The number of aromatic nitrogens is 1. The second-order valence-electron chi connectivity index (χ2n) is 4.34. The van der Waals surface area contributed by atoms with Crippen LogP contribution in [0.4, 0.5) is 0 Å². The lowest BCUT2D eigenvalue weighted by molar-refractivity contribution is 0.591. The number of nitrogens with zero attached hydrogens (tertiary/aromatic N) is 1. The van der Waals surface area contributed by atoms with Gasteiger partial charge in [0.05, 0.1) is 5.52 Å². The smallest absolute Gasteiger partial charge is 0.0843 e. The SMILES string of the molecule is CC(C)(C)c1ccc2csnc2c1. The largest absolute Gasteiger partial charge is 0.193 e. The van der Waals surface area contributed by atoms with E-state index in [1.807, 2.05) is 0 Å². The molecule has 2 aromatic rings. The number of fused-ring (bicyclic) bond motifs is 1. The van der Waals surface area contributed by atoms with Crippen LogP contribution >= 0.6 is 11.5 Å². The first-order valence-electron chi connectivity index (χ1n) is 4.42. The summed E-state index contributed by atoms with van der Waals surface area (Å²) >= 11 is 1.52. The van der Waals surface area contributed by atoms with Crippen molar-refractivity contribution in [3.05, 3.63) is 29.1 Å². The molecule has 0 atom stereocenters. The number of hydrogen-bond donors (Lipinski definition) is 0. The number of hydrogen-bond acceptors (Lipinski definition) is 2. The summed E-state index contributed by atoms with van der Waals surface area (Å²) in [6.45, 7) is 6.67. The van der Waals surface area contributed by atoms with E-state index in [-0.39, 0.29) is 5.41 Å². The monoisotopic (exact) mass is 191 g/mol. The molecule has 2 rings (SSSR count). The van der Waals surface area contributed by atoms with E-state index in [2.05, 4.69) is 48.7 Å². The van der Waals surface area contributed by atoms with Gasteiger partial charge in [-0.2, -0.15) is 4.37 Å². The summed E-state index contributed by atoms with van der Waals surface area (Å²) in [5, 5.41) is 3.33. The third-order valence-electron chi connectivity index (χ3n) is 2.23. The molecule has 1 heterocycles. The summed E-state index contributed by atoms with van der Waals surface area (Å²) in [5.41, 5.74) is 2.70. The van der Waals surface area contributed by atoms with Crippen LogP contribution in [-0.4, -0.2) is 4.37 Å². The van der Waals surface area contributed by atoms with Gasteiger partial charge in [0.15, 0.2) is 0 Å². The lowest BCUT2D eigenvalue weighted by Gasteiger charge is -2.18. The van der Waals surface area contributed by atoms with E-state index in [4.69, 9.17) is 0 Å². The topological polar surface area (TPSA) is 12.9 Å². The minimum Gasteiger partial charge on any atom is -0.193 e. The molecule has 13 heavy (non-hydrogen) atoms. The molecule has 0 unspecified atom stereocenters. The van der Waals surface area contributed by atoms with Crippen molar-refractivity contribution in [1.29, 1.82) is 0 Å². The van der Waals surface area contributed by atoms with Crippen molar-refractivity contribution in [3.63, 3.8) is 0 Å². The molecule has 0 bridgehead atoms. The summed E-state index contributed by atoms with van der Waals surface area (Å²) in [5.74, 6) is 0. The first kappa shape index (κ1) is 8.70. The fraction of sp³-hybridized carbons (Fsp3) is 0.364. The van der Waals surface area contributed by atoms with E-state index in [1.54, 1.807) is 0 Å². The van der Waals surface area contributed by atoms with Gasteiger partial charge in [-0.3, -0.25) is 0 Å². The van der Waals surface area contributed by atoms with Crippen molar-refractivity contribution >= 4 is 22.4 Å². The van der Waals surface area contributed by atoms with E-state index < -0.39 is 0 Å². The van der Waals surface area contributed by atoms with Gasteiger partial charge < -0.3 is 0 Å². The van der Waals surface area contributed by atoms with Gasteiger partial charge in [-0.25, -0.2) is 0 Å². The Kier molecular flexibility index (Phi) is 1.88. The van der Waals surface area contributed by atoms with Crippen molar-refractivity contribution in [3.8, 4) is 0 Å². The zero-order valence-corrected chi connectivity index (χ0v) is 8.98. The molecule has 0 radical (unpaired) electrons. The molecule has 0 aliphatic heterocycles. The molecular formula is C11H13NS. The molecule has 0 aliphatic carbocycles. The molecule has 0 fully saturated rings. The van der Waals surface area contributed by atoms with Gasteiger partial charge in [-0.15, -0.1) is 0 Å². The van der Waals surface area contributed by atoms with E-state index in [0.717, 1.165) is 5.52 Å². The van der Waals surface area contributed by atoms with Gasteiger partial charge in [0, 0.05) is 10.8 Å². The second kappa shape index (κ2) is 2.81. The third-order valence-corrected chi connectivity index (χ3v) is 2.89. The van der Waals surface area contributed by atoms with Crippen LogP contribution in [0.15, 0.2) is 23.6 Å². The predicted octanol–water partition coefficient (Wildman–Crippen LogP) is 3.59. The van der Waals surface area contributed by atoms with E-state index in [9.17, 15) is 0 Å². The molecule has 0 aliphatic rings. The van der Waals surface area contributed by atoms with Crippen LogP contribution in [0.5, 0.6) is 0 Å². The fourth-order valence-electron chi connectivity index (χ4n) is 1.33. The summed E-state index contributed by atoms with van der Waals surface area (Å²) < 4.78 is 4.33. The maximum Gasteiger partial charge on any atom is 0.0843 e. The average Bonchev–Trinajstić information content (AvgIpc) is 2.47. The Morgan fingerprint density at radius 3 is 2.69 bits per heavy atom. The average molecular weight is 191 g/mol. The Labute approximate surface area is 82.6 Å². The summed E-state index contributed by atoms with van der Waals surface area (Å²) in [7, 11) is 0. The Morgan fingerprint density at radius 2 is 2.00 bits per heavy atom. The molecule has 0 amide bonds. The maximum absolute atomic E-state index is 4.33. The number of rotatable bonds is 0. The van der Waals surface area contributed by atoms with Gasteiger partial charge in [0.1, 0.15) is 0 Å². The van der Waals surface area contributed by atoms with E-state index in [0.29, 0.717) is 0 Å². The van der Waals surface area contributed by atoms with Gasteiger partial charge in [-0.05, 0) is 28.6 Å². The zero-order chi connectivity index (χ0) is 9.47. The molecular weight excluding hydrogens is 178 g/mol. The molecule has 1 aromatic heterocycles. The molecule has 0 spiro atoms. The van der Waals surface area contributed by atoms with Gasteiger partial charge in [0.2, 0.25) is 0 Å². The Morgan fingerprint density at radius 1 is 1.23 bits per heavy atom. The molecule has 1 aromatic carbocycles. The Bertz CT molecular complexity index is 423. The van der Waals surface area contributed by atoms with Crippen LogP contribution < -0.4 is 0 Å². The first-order chi connectivity index (χ1) is 6.07. The van der Waals surface area contributed by atoms with Crippen molar-refractivity contribution in [1.82, 2.24) is 4.37 Å². The normalized spacial score (nSPS) is 12.2. The quantitative estimate of drug-likeness (QED) is 0.620. The lowest BCUT2D eigenvalue weighted by atomic mass is 9.87. The van der Waals surface area contributed by atoms with Crippen molar-refractivity contribution < 1.29 is 0 Å². The van der Waals surface area contributed by atoms with Gasteiger partial charge in [-0.1, -0.05) is 32.9 Å². The van der Waals surface area contributed by atoms with Crippen molar-refractivity contribution in [2.24, 2.45) is 0 Å². The fourth-order valence-corrected chi connectivity index (χ4v) is 1.97. The minimum atomic E-state index is 0.220. The summed E-state index contributed by atoms with van der Waals surface area (Å²) in [6, 6.07) is 6.53. The lowest BCUT2D eigenvalue weighted by Crippen LogP contribution is -2.10. The number of benzene rings is 1. The van der Waals surface area contributed by atoms with Crippen LogP contribution in [0.2, 0.25) is 0 Å². The van der Waals surface area contributed by atoms with Crippen molar-refractivity contribution in [2.45, 2.75) is 26.2 Å². The maximum atomic E-state index is 4.33. The molecule has 0 saturated heterocycles. The molecule has 0 N–H and O–H groups in total. The summed E-state index contributed by atoms with van der Waals surface area (Å²) in [4.78, 5) is 0. The highest BCUT2D eigenvalue weighted by molar-refractivity contribution is 7.04. The Hall–Kier alpha value is -0.890. The minimum absolute atomic E-state index is 0.220. The van der Waals surface area contributed by atoms with E-state index in [1.165, 1.54) is 22.5 Å². The highest BCUT2D eigenvalue weighted by Gasteiger charge is 2.13. The van der Waals surface area contributed by atoms with Crippen LogP contribution in [0.1, 0.15) is 26.3 Å². The molecule has 1 nitrogen and oxygen atoms in total. The highest BCUT2D eigenvalue weighted by atomic mass is 32.1. The molecule has 0 saturated carbocycles. The summed E-state index contributed by atoms with van der Waals surface area (Å²) in [6.07, 6.45) is 0. The highest BCUT2D eigenvalue weighted by Crippen LogP contribution is 2.25. The second-order valence-corrected chi connectivity index (χ2v) is 4.97. The third kappa shape index (κ3) is 1.59. The molecule has 2 heteroatoms. The van der Waals surface area contributed by atoms with E-state index >= 15 is 0 Å². The van der Waals surface area contributed by atoms with Crippen LogP contribution in [-0.2, 0) is 5.41 Å². The predicted molar refractivity (Wildman–Crippen MR) is 58.3 cm³/mol. The van der Waals surface area contributed by atoms with Crippen molar-refractivity contribution in [2.75, 3.05) is 0 Å². The van der Waals surface area contributed by atoms with Crippen LogP contribution in [0.25, 0.3) is 10.9 Å². The van der Waals surface area contributed by atoms with Crippen LogP contribution in [0, 0.1) is 0 Å². The van der Waals surface area contributed by atoms with Crippen LogP contribution in [0.3, 0.4) is 0 Å². The van der Waals surface area contributed by atoms with Gasteiger partial charge >= 0.3 is 0 Å². The van der Waals surface area contributed by atoms with Gasteiger partial charge in [0.25, 0.3) is 0 Å². The standard InChI is InChI=1S/C11H13NS/c1-11(2,3)9-5-4-8-7-13-12-10(8)6-9/h4-7H,1-3H3. The molecule has 68 valence electrons. The zero-order valence-electron chi connectivity index (χ0n) is 8.16. The first-order valence-corrected chi connectivity index (χ1v) is 5.26. The Balaban J connectivity index is 2.61.